The van der Waals surface area contributed by atoms with Crippen LogP contribution >= 0.6 is 15.9 Å². The van der Waals surface area contributed by atoms with Crippen molar-refractivity contribution in [2.24, 2.45) is 0 Å². The lowest BCUT2D eigenvalue weighted by Gasteiger charge is -2.12. The van der Waals surface area contributed by atoms with Crippen LogP contribution in [0.25, 0.3) is 0 Å². The number of hydrogen-bond donors (Lipinski definition) is 1. The molecule has 14 heavy (non-hydrogen) atoms. The highest BCUT2D eigenvalue weighted by atomic mass is 79.9. The standard InChI is InChI=1S/C12H15BrO/c1-8(7-14)11-6-10(9-2-3-9)4-5-12(11)13/h4-6,8-9,14H,2-3,7H2,1H3. The fraction of sp³-hybridized carbons (Fsp3) is 0.500. The molecule has 0 saturated heterocycles. The predicted molar refractivity (Wildman–Crippen MR) is 61.6 cm³/mol. The first kappa shape index (κ1) is 10.2. The molecule has 1 fully saturated rings. The number of rotatable bonds is 3. The van der Waals surface area contributed by atoms with Gasteiger partial charge in [0, 0.05) is 17.0 Å². The summed E-state index contributed by atoms with van der Waals surface area (Å²) in [7, 11) is 0. The molecule has 1 saturated carbocycles. The van der Waals surface area contributed by atoms with E-state index in [1.807, 2.05) is 0 Å². The van der Waals surface area contributed by atoms with Crippen LogP contribution in [0.1, 0.15) is 42.7 Å². The fourth-order valence-corrected chi connectivity index (χ4v) is 2.35. The Labute approximate surface area is 93.3 Å². The third-order valence-electron chi connectivity index (χ3n) is 2.87. The topological polar surface area (TPSA) is 20.2 Å². The highest BCUT2D eigenvalue weighted by molar-refractivity contribution is 9.10. The van der Waals surface area contributed by atoms with Crippen LogP contribution in [-0.4, -0.2) is 11.7 Å². The van der Waals surface area contributed by atoms with E-state index < -0.39 is 0 Å². The molecule has 0 amide bonds. The molecule has 1 aliphatic carbocycles. The molecule has 1 unspecified atom stereocenters. The minimum atomic E-state index is 0.215. The fourth-order valence-electron chi connectivity index (χ4n) is 1.71. The van der Waals surface area contributed by atoms with Crippen LogP contribution in [0.15, 0.2) is 22.7 Å². The number of hydrogen-bond acceptors (Lipinski definition) is 1. The minimum absolute atomic E-state index is 0.215. The second-order valence-electron chi connectivity index (χ2n) is 4.14. The summed E-state index contributed by atoms with van der Waals surface area (Å²) in [6.07, 6.45) is 2.66. The van der Waals surface area contributed by atoms with E-state index in [2.05, 4.69) is 41.1 Å². The molecule has 2 rings (SSSR count). The van der Waals surface area contributed by atoms with E-state index >= 15 is 0 Å². The number of aliphatic hydroxyl groups is 1. The quantitative estimate of drug-likeness (QED) is 0.877. The van der Waals surface area contributed by atoms with Crippen LogP contribution in [0.2, 0.25) is 0 Å². The van der Waals surface area contributed by atoms with Gasteiger partial charge in [-0.1, -0.05) is 35.0 Å². The molecule has 0 aromatic heterocycles. The van der Waals surface area contributed by atoms with Crippen LogP contribution in [-0.2, 0) is 0 Å². The Morgan fingerprint density at radius 2 is 2.21 bits per heavy atom. The van der Waals surface area contributed by atoms with Gasteiger partial charge >= 0.3 is 0 Å². The van der Waals surface area contributed by atoms with Gasteiger partial charge in [-0.2, -0.15) is 0 Å². The Morgan fingerprint density at radius 3 is 2.79 bits per heavy atom. The first-order chi connectivity index (χ1) is 6.72. The van der Waals surface area contributed by atoms with Gasteiger partial charge in [-0.25, -0.2) is 0 Å². The summed E-state index contributed by atoms with van der Waals surface area (Å²) in [4.78, 5) is 0. The Balaban J connectivity index is 2.31. The Morgan fingerprint density at radius 1 is 1.50 bits per heavy atom. The second-order valence-corrected chi connectivity index (χ2v) is 4.99. The van der Waals surface area contributed by atoms with Crippen molar-refractivity contribution < 1.29 is 5.11 Å². The molecule has 0 heterocycles. The molecule has 1 atom stereocenters. The minimum Gasteiger partial charge on any atom is -0.396 e. The van der Waals surface area contributed by atoms with E-state index in [0.29, 0.717) is 0 Å². The molecular weight excluding hydrogens is 240 g/mol. The van der Waals surface area contributed by atoms with Crippen molar-refractivity contribution in [3.8, 4) is 0 Å². The average molecular weight is 255 g/mol. The van der Waals surface area contributed by atoms with Gasteiger partial charge in [-0.3, -0.25) is 0 Å². The van der Waals surface area contributed by atoms with Crippen molar-refractivity contribution in [1.82, 2.24) is 0 Å². The van der Waals surface area contributed by atoms with Crippen molar-refractivity contribution in [3.63, 3.8) is 0 Å². The van der Waals surface area contributed by atoms with E-state index in [9.17, 15) is 0 Å². The largest absolute Gasteiger partial charge is 0.396 e. The second kappa shape index (κ2) is 4.03. The first-order valence-corrected chi connectivity index (χ1v) is 5.92. The summed E-state index contributed by atoms with van der Waals surface area (Å²) >= 11 is 3.53. The summed E-state index contributed by atoms with van der Waals surface area (Å²) in [5.41, 5.74) is 2.67. The molecule has 1 N–H and O–H groups in total. The maximum Gasteiger partial charge on any atom is 0.0497 e. The molecule has 0 spiro atoms. The highest BCUT2D eigenvalue weighted by Crippen LogP contribution is 2.41. The van der Waals surface area contributed by atoms with E-state index in [1.54, 1.807) is 0 Å². The Hall–Kier alpha value is -0.340. The summed E-state index contributed by atoms with van der Waals surface area (Å²) in [6, 6.07) is 6.53. The van der Waals surface area contributed by atoms with Gasteiger partial charge in [-0.15, -0.1) is 0 Å². The van der Waals surface area contributed by atoms with E-state index in [-0.39, 0.29) is 12.5 Å². The van der Waals surface area contributed by atoms with Crippen LogP contribution in [0.3, 0.4) is 0 Å². The smallest absolute Gasteiger partial charge is 0.0497 e. The maximum absolute atomic E-state index is 9.14. The van der Waals surface area contributed by atoms with Crippen LogP contribution in [0.5, 0.6) is 0 Å². The monoisotopic (exact) mass is 254 g/mol. The molecule has 0 radical (unpaired) electrons. The molecule has 2 heteroatoms. The van der Waals surface area contributed by atoms with E-state index in [1.165, 1.54) is 24.0 Å². The maximum atomic E-state index is 9.14. The molecule has 1 aromatic carbocycles. The lowest BCUT2D eigenvalue weighted by Crippen LogP contribution is -2.00. The molecule has 0 bridgehead atoms. The summed E-state index contributed by atoms with van der Waals surface area (Å²) in [5, 5.41) is 9.14. The molecule has 1 aliphatic rings. The van der Waals surface area contributed by atoms with Crippen molar-refractivity contribution in [2.45, 2.75) is 31.6 Å². The lowest BCUT2D eigenvalue weighted by molar-refractivity contribution is 0.272. The number of benzene rings is 1. The summed E-state index contributed by atoms with van der Waals surface area (Å²) in [5.74, 6) is 1.01. The normalized spacial score (nSPS) is 18.2. The van der Waals surface area contributed by atoms with Gasteiger partial charge in [-0.05, 0) is 36.0 Å². The molecular formula is C12H15BrO. The van der Waals surface area contributed by atoms with Crippen molar-refractivity contribution in [3.05, 3.63) is 33.8 Å². The van der Waals surface area contributed by atoms with Gasteiger partial charge in [0.25, 0.3) is 0 Å². The SMILES string of the molecule is CC(CO)c1cc(C2CC2)ccc1Br. The van der Waals surface area contributed by atoms with Crippen molar-refractivity contribution >= 4 is 15.9 Å². The number of halogens is 1. The van der Waals surface area contributed by atoms with Gasteiger partial charge < -0.3 is 5.11 Å². The molecule has 76 valence electrons. The van der Waals surface area contributed by atoms with Crippen molar-refractivity contribution in [1.29, 1.82) is 0 Å². The lowest BCUT2D eigenvalue weighted by atomic mass is 9.98. The zero-order valence-corrected chi connectivity index (χ0v) is 9.92. The van der Waals surface area contributed by atoms with Gasteiger partial charge in [0.1, 0.15) is 0 Å². The van der Waals surface area contributed by atoms with Crippen LogP contribution in [0, 0.1) is 0 Å². The average Bonchev–Trinajstić information content (AvgIpc) is 3.01. The molecule has 0 aliphatic heterocycles. The Bertz CT molecular complexity index is 331. The Kier molecular flexibility index (Phi) is 2.93. The predicted octanol–water partition coefficient (Wildman–Crippen LogP) is 3.42. The van der Waals surface area contributed by atoms with Gasteiger partial charge in [0.2, 0.25) is 0 Å². The third kappa shape index (κ3) is 2.01. The zero-order chi connectivity index (χ0) is 10.1. The zero-order valence-electron chi connectivity index (χ0n) is 8.33. The van der Waals surface area contributed by atoms with Crippen LogP contribution in [0.4, 0.5) is 0 Å². The number of aliphatic hydroxyl groups excluding tert-OH is 1. The van der Waals surface area contributed by atoms with Crippen LogP contribution < -0.4 is 0 Å². The van der Waals surface area contributed by atoms with Gasteiger partial charge in [0.15, 0.2) is 0 Å². The summed E-state index contributed by atoms with van der Waals surface area (Å²) < 4.78 is 1.11. The van der Waals surface area contributed by atoms with E-state index in [4.69, 9.17) is 5.11 Å². The van der Waals surface area contributed by atoms with Crippen molar-refractivity contribution in [2.75, 3.05) is 6.61 Å². The molecule has 1 nitrogen and oxygen atoms in total. The molecule has 1 aromatic rings. The van der Waals surface area contributed by atoms with Gasteiger partial charge in [0.05, 0.1) is 0 Å². The first-order valence-electron chi connectivity index (χ1n) is 5.12. The summed E-state index contributed by atoms with van der Waals surface area (Å²) in [6.45, 7) is 2.27. The highest BCUT2D eigenvalue weighted by Gasteiger charge is 2.24. The third-order valence-corrected chi connectivity index (χ3v) is 3.60. The van der Waals surface area contributed by atoms with E-state index in [0.717, 1.165) is 10.4 Å².